The van der Waals surface area contributed by atoms with Gasteiger partial charge in [0.15, 0.2) is 11.5 Å². The lowest BCUT2D eigenvalue weighted by molar-refractivity contribution is -0.112. The third kappa shape index (κ3) is 8.53. The van der Waals surface area contributed by atoms with E-state index in [2.05, 4.69) is 55.7 Å². The molecule has 0 fully saturated rings. The summed E-state index contributed by atoms with van der Waals surface area (Å²) in [5, 5.41) is 6.02. The van der Waals surface area contributed by atoms with Crippen LogP contribution in [0.4, 0.5) is 5.69 Å². The second-order valence-corrected chi connectivity index (χ2v) is 14.9. The zero-order chi connectivity index (χ0) is 36.9. The molecule has 0 aliphatic carbocycles. The van der Waals surface area contributed by atoms with Gasteiger partial charge in [-0.05, 0) is 108 Å². The van der Waals surface area contributed by atoms with E-state index in [1.807, 2.05) is 54.6 Å². The first-order valence-electron chi connectivity index (χ1n) is 17.1. The molecular formula is C42H42N2O7S. The monoisotopic (exact) mass is 718 g/mol. The van der Waals surface area contributed by atoms with Crippen molar-refractivity contribution in [3.8, 4) is 33.8 Å². The first kappa shape index (κ1) is 36.3. The van der Waals surface area contributed by atoms with Gasteiger partial charge in [-0.25, -0.2) is 0 Å². The number of aryl methyl sites for hydroxylation is 3. The number of fused-ring (bicyclic) bond motifs is 1. The Bertz CT molecular complexity index is 2160. The Balaban J connectivity index is 1.26. The molecule has 268 valence electrons. The predicted molar refractivity (Wildman–Crippen MR) is 204 cm³/mol. The Kier molecular flexibility index (Phi) is 10.8. The summed E-state index contributed by atoms with van der Waals surface area (Å²) in [6.45, 7) is 7.46. The van der Waals surface area contributed by atoms with Crippen LogP contribution in [0.1, 0.15) is 38.2 Å². The van der Waals surface area contributed by atoms with Crippen LogP contribution in [0, 0.1) is 20.8 Å². The number of rotatable bonds is 13. The third-order valence-corrected chi connectivity index (χ3v) is 10.1. The highest BCUT2D eigenvalue weighted by atomic mass is 32.2. The highest BCUT2D eigenvalue weighted by molar-refractivity contribution is 7.85. The lowest BCUT2D eigenvalue weighted by atomic mass is 9.76. The minimum atomic E-state index is -4.19. The molecule has 0 unspecified atom stereocenters. The zero-order valence-corrected chi connectivity index (χ0v) is 30.3. The molecule has 1 atom stereocenters. The van der Waals surface area contributed by atoms with Gasteiger partial charge in [0, 0.05) is 24.3 Å². The van der Waals surface area contributed by atoms with Gasteiger partial charge in [0.05, 0.1) is 11.2 Å². The van der Waals surface area contributed by atoms with Gasteiger partial charge in [0.2, 0.25) is 0 Å². The number of nitrogens with one attached hydrogen (secondary N) is 2. The Morgan fingerprint density at radius 2 is 1.40 bits per heavy atom. The quantitative estimate of drug-likeness (QED) is 0.0867. The third-order valence-electron chi connectivity index (χ3n) is 9.40. The van der Waals surface area contributed by atoms with Gasteiger partial charge in [-0.2, -0.15) is 8.42 Å². The second-order valence-electron chi connectivity index (χ2n) is 13.3. The number of carbonyl (C=O) groups excluding carboxylic acids is 2. The van der Waals surface area contributed by atoms with Crippen LogP contribution >= 0.6 is 0 Å². The van der Waals surface area contributed by atoms with Crippen LogP contribution in [0.5, 0.6) is 11.5 Å². The molecule has 0 saturated carbocycles. The van der Waals surface area contributed by atoms with E-state index in [0.717, 1.165) is 45.5 Å². The van der Waals surface area contributed by atoms with Gasteiger partial charge in [0.25, 0.3) is 16.0 Å². The van der Waals surface area contributed by atoms with Crippen molar-refractivity contribution in [2.75, 3.05) is 37.4 Å². The molecule has 0 saturated heterocycles. The highest BCUT2D eigenvalue weighted by Gasteiger charge is 2.33. The first-order valence-corrected chi connectivity index (χ1v) is 18.8. The smallest absolute Gasteiger partial charge is 0.266 e. The fourth-order valence-electron chi connectivity index (χ4n) is 6.82. The first-order chi connectivity index (χ1) is 24.9. The van der Waals surface area contributed by atoms with Crippen molar-refractivity contribution in [3.05, 3.63) is 137 Å². The Morgan fingerprint density at radius 3 is 2.04 bits per heavy atom. The van der Waals surface area contributed by atoms with Gasteiger partial charge in [-0.15, -0.1) is 0 Å². The van der Waals surface area contributed by atoms with E-state index in [4.69, 9.17) is 14.0 Å². The number of hydrogen-bond acceptors (Lipinski definition) is 7. The van der Waals surface area contributed by atoms with Crippen LogP contribution in [-0.2, 0) is 26.7 Å². The maximum absolute atomic E-state index is 13.3. The van der Waals surface area contributed by atoms with Crippen LogP contribution in [0.3, 0.4) is 0 Å². The molecule has 0 radical (unpaired) electrons. The molecule has 1 aliphatic rings. The summed E-state index contributed by atoms with van der Waals surface area (Å²) in [4.78, 5) is 25.9. The van der Waals surface area contributed by atoms with Crippen molar-refractivity contribution >= 4 is 28.0 Å². The molecule has 0 aromatic heterocycles. The van der Waals surface area contributed by atoms with Gasteiger partial charge >= 0.3 is 0 Å². The van der Waals surface area contributed by atoms with Crippen molar-refractivity contribution < 1.29 is 32.0 Å². The average molecular weight is 719 g/mol. The molecule has 1 heterocycles. The van der Waals surface area contributed by atoms with Crippen molar-refractivity contribution in [2.45, 2.75) is 32.6 Å². The van der Waals surface area contributed by atoms with Crippen molar-refractivity contribution in [2.24, 2.45) is 0 Å². The standard InChI is InChI=1S/C42H42N2O7S/c1-28-22-29(2)40(30(3)23-28)33-10-15-37(16-11-33)44-26-42(27-45,25-31-4-6-34(7-5-31)41(46)43-18-21-52(47,48)49)36-13-8-32(9-14-36)35-12-17-38-39(24-35)51-20-19-50-38/h4-17,22-24,27,44H,18-21,25-26H2,1-3H3,(H,43,46)(H,47,48,49)/t42-/m1/s1. The van der Waals surface area contributed by atoms with Crippen LogP contribution in [-0.4, -0.2) is 57.2 Å². The summed E-state index contributed by atoms with van der Waals surface area (Å²) < 4.78 is 42.5. The molecule has 5 aromatic carbocycles. The molecular weight excluding hydrogens is 677 g/mol. The molecule has 10 heteroatoms. The average Bonchev–Trinajstić information content (AvgIpc) is 3.13. The Hall–Kier alpha value is -5.45. The molecule has 1 aliphatic heterocycles. The number of ether oxygens (including phenoxy) is 2. The number of aldehydes is 1. The maximum Gasteiger partial charge on any atom is 0.266 e. The molecule has 5 aromatic rings. The number of amides is 1. The summed E-state index contributed by atoms with van der Waals surface area (Å²) in [6, 6.07) is 33.3. The van der Waals surface area contributed by atoms with Crippen LogP contribution < -0.4 is 20.1 Å². The largest absolute Gasteiger partial charge is 0.486 e. The normalized spacial score (nSPS) is 13.5. The number of anilines is 1. The summed E-state index contributed by atoms with van der Waals surface area (Å²) in [7, 11) is -4.19. The second kappa shape index (κ2) is 15.4. The summed E-state index contributed by atoms with van der Waals surface area (Å²) >= 11 is 0. The molecule has 9 nitrogen and oxygen atoms in total. The van der Waals surface area contributed by atoms with E-state index in [-0.39, 0.29) is 6.54 Å². The molecule has 6 rings (SSSR count). The van der Waals surface area contributed by atoms with Crippen molar-refractivity contribution in [1.82, 2.24) is 5.32 Å². The van der Waals surface area contributed by atoms with E-state index in [1.165, 1.54) is 22.3 Å². The topological polar surface area (TPSA) is 131 Å². The van der Waals surface area contributed by atoms with E-state index >= 15 is 0 Å². The molecule has 0 bridgehead atoms. The number of carbonyl (C=O) groups is 2. The number of hydrogen-bond donors (Lipinski definition) is 3. The van der Waals surface area contributed by atoms with Gasteiger partial charge < -0.3 is 24.9 Å². The fourth-order valence-corrected chi connectivity index (χ4v) is 7.18. The van der Waals surface area contributed by atoms with Gasteiger partial charge in [-0.1, -0.05) is 72.3 Å². The van der Waals surface area contributed by atoms with Crippen LogP contribution in [0.25, 0.3) is 22.3 Å². The lowest BCUT2D eigenvalue weighted by Gasteiger charge is -2.30. The Labute approximate surface area is 304 Å². The SMILES string of the molecule is Cc1cc(C)c(-c2ccc(NC[C@@](C=O)(Cc3ccc(C(=O)NCCS(=O)(=O)O)cc3)c3ccc(-c4ccc5c(c4)OCCO5)cc3)cc2)c(C)c1. The molecule has 52 heavy (non-hydrogen) atoms. The zero-order valence-electron chi connectivity index (χ0n) is 29.4. The minimum absolute atomic E-state index is 0.215. The predicted octanol–water partition coefficient (Wildman–Crippen LogP) is 7.13. The van der Waals surface area contributed by atoms with E-state index in [9.17, 15) is 18.0 Å². The van der Waals surface area contributed by atoms with E-state index in [1.54, 1.807) is 24.3 Å². The van der Waals surface area contributed by atoms with E-state index < -0.39 is 27.2 Å². The molecule has 1 amide bonds. The van der Waals surface area contributed by atoms with Crippen LogP contribution in [0.2, 0.25) is 0 Å². The van der Waals surface area contributed by atoms with Gasteiger partial charge in [0.1, 0.15) is 19.5 Å². The van der Waals surface area contributed by atoms with Crippen LogP contribution in [0.15, 0.2) is 103 Å². The lowest BCUT2D eigenvalue weighted by Crippen LogP contribution is -2.38. The highest BCUT2D eigenvalue weighted by Crippen LogP contribution is 2.36. The number of benzene rings is 5. The maximum atomic E-state index is 13.3. The fraction of sp³-hybridized carbons (Fsp3) is 0.238. The summed E-state index contributed by atoms with van der Waals surface area (Å²) in [5.41, 5.74) is 9.84. The molecule has 0 spiro atoms. The minimum Gasteiger partial charge on any atom is -0.486 e. The summed E-state index contributed by atoms with van der Waals surface area (Å²) in [5.74, 6) is 0.380. The van der Waals surface area contributed by atoms with Crippen molar-refractivity contribution in [3.63, 3.8) is 0 Å². The Morgan fingerprint density at radius 1 is 0.788 bits per heavy atom. The van der Waals surface area contributed by atoms with E-state index in [0.29, 0.717) is 37.5 Å². The summed E-state index contributed by atoms with van der Waals surface area (Å²) in [6.07, 6.45) is 1.33. The van der Waals surface area contributed by atoms with Crippen molar-refractivity contribution in [1.29, 1.82) is 0 Å². The molecule has 3 N–H and O–H groups in total. The van der Waals surface area contributed by atoms with Gasteiger partial charge in [-0.3, -0.25) is 9.35 Å².